The lowest BCUT2D eigenvalue weighted by Gasteiger charge is -2.28. The summed E-state index contributed by atoms with van der Waals surface area (Å²) in [6, 6.07) is 17.1. The summed E-state index contributed by atoms with van der Waals surface area (Å²) in [6.45, 7) is 6.74. The zero-order valence-electron chi connectivity index (χ0n) is 18.4. The third kappa shape index (κ3) is 10.3. The topological polar surface area (TPSA) is 94.2 Å². The first-order chi connectivity index (χ1) is 15.0. The summed E-state index contributed by atoms with van der Waals surface area (Å²) in [4.78, 5) is 13.0. The average Bonchev–Trinajstić information content (AvgIpc) is 2.76. The number of hydrogen-bond acceptors (Lipinski definition) is 6. The van der Waals surface area contributed by atoms with Gasteiger partial charge in [0.25, 0.3) is 5.91 Å². The second-order valence-corrected chi connectivity index (χ2v) is 7.45. The van der Waals surface area contributed by atoms with Crippen LogP contribution in [0.5, 0.6) is 11.5 Å². The summed E-state index contributed by atoms with van der Waals surface area (Å²) in [5.74, 6) is 0.852. The van der Waals surface area contributed by atoms with Crippen molar-refractivity contribution >= 4 is 5.91 Å². The number of primary amides is 1. The third-order valence-corrected chi connectivity index (χ3v) is 4.64. The number of carbonyl (C=O) groups excluding carboxylic acids is 1. The van der Waals surface area contributed by atoms with Crippen LogP contribution in [-0.2, 0) is 16.0 Å². The highest BCUT2D eigenvalue weighted by molar-refractivity contribution is 5.75. The number of aliphatic hydroxyl groups is 1. The molecular weight excluding hydrogens is 396 g/mol. The number of aliphatic hydroxyl groups excluding tert-OH is 1. The molecule has 0 saturated heterocycles. The van der Waals surface area contributed by atoms with E-state index in [0.29, 0.717) is 18.9 Å². The lowest BCUT2D eigenvalue weighted by atomic mass is 10.1. The van der Waals surface area contributed by atoms with E-state index in [9.17, 15) is 9.90 Å². The number of para-hydroxylation sites is 1. The molecular formula is C24H34N2O5. The van der Waals surface area contributed by atoms with Gasteiger partial charge in [-0.15, -0.1) is 0 Å². The first kappa shape index (κ1) is 24.7. The molecule has 2 aromatic rings. The van der Waals surface area contributed by atoms with Crippen molar-refractivity contribution in [2.24, 2.45) is 5.73 Å². The standard InChI is InChI=1S/C24H34N2O5/c1-3-29-19(2)15-26(16-21(27)17-30-22-7-5-4-6-8-22)14-13-20-9-11-23(12-10-20)31-18-24(25)28/h4-12,19,21,27H,3,13-18H2,1-2H3,(H2,25,28). The van der Waals surface area contributed by atoms with Crippen molar-refractivity contribution in [1.82, 2.24) is 4.90 Å². The van der Waals surface area contributed by atoms with Crippen LogP contribution in [0.15, 0.2) is 54.6 Å². The molecule has 0 heterocycles. The van der Waals surface area contributed by atoms with E-state index in [1.54, 1.807) is 0 Å². The van der Waals surface area contributed by atoms with E-state index < -0.39 is 12.0 Å². The number of ether oxygens (including phenoxy) is 3. The highest BCUT2D eigenvalue weighted by atomic mass is 16.5. The molecule has 3 N–H and O–H groups in total. The minimum atomic E-state index is -0.612. The minimum absolute atomic E-state index is 0.0665. The zero-order valence-corrected chi connectivity index (χ0v) is 18.4. The largest absolute Gasteiger partial charge is 0.491 e. The van der Waals surface area contributed by atoms with Gasteiger partial charge < -0.3 is 25.1 Å². The number of benzene rings is 2. The van der Waals surface area contributed by atoms with Gasteiger partial charge in [-0.25, -0.2) is 0 Å². The fraction of sp³-hybridized carbons (Fsp3) is 0.458. The van der Waals surface area contributed by atoms with Crippen LogP contribution < -0.4 is 15.2 Å². The van der Waals surface area contributed by atoms with Gasteiger partial charge in [0.15, 0.2) is 6.61 Å². The summed E-state index contributed by atoms with van der Waals surface area (Å²) in [7, 11) is 0. The van der Waals surface area contributed by atoms with Crippen LogP contribution in [0, 0.1) is 0 Å². The maximum atomic E-state index is 10.8. The second-order valence-electron chi connectivity index (χ2n) is 7.45. The average molecular weight is 431 g/mol. The van der Waals surface area contributed by atoms with Crippen LogP contribution >= 0.6 is 0 Å². The highest BCUT2D eigenvalue weighted by Crippen LogP contribution is 2.14. The Morgan fingerprint density at radius 1 is 1.03 bits per heavy atom. The fourth-order valence-corrected chi connectivity index (χ4v) is 3.21. The maximum Gasteiger partial charge on any atom is 0.255 e. The Bertz CT molecular complexity index is 754. The van der Waals surface area contributed by atoms with E-state index >= 15 is 0 Å². The molecule has 0 radical (unpaired) electrons. The van der Waals surface area contributed by atoms with Crippen molar-refractivity contribution < 1.29 is 24.1 Å². The van der Waals surface area contributed by atoms with E-state index in [1.165, 1.54) is 0 Å². The molecule has 2 aromatic carbocycles. The molecule has 0 aromatic heterocycles. The first-order valence-electron chi connectivity index (χ1n) is 10.7. The van der Waals surface area contributed by atoms with Gasteiger partial charge in [-0.05, 0) is 50.1 Å². The number of hydrogen-bond donors (Lipinski definition) is 2. The quantitative estimate of drug-likeness (QED) is 0.450. The summed E-state index contributed by atoms with van der Waals surface area (Å²) in [5, 5.41) is 10.5. The van der Waals surface area contributed by atoms with Crippen molar-refractivity contribution in [2.75, 3.05) is 39.5 Å². The van der Waals surface area contributed by atoms with Crippen molar-refractivity contribution in [1.29, 1.82) is 0 Å². The van der Waals surface area contributed by atoms with Crippen LogP contribution in [-0.4, -0.2) is 67.6 Å². The van der Waals surface area contributed by atoms with Crippen LogP contribution in [0.25, 0.3) is 0 Å². The molecule has 7 nitrogen and oxygen atoms in total. The van der Waals surface area contributed by atoms with Gasteiger partial charge in [-0.2, -0.15) is 0 Å². The molecule has 1 amide bonds. The zero-order chi connectivity index (χ0) is 22.5. The van der Waals surface area contributed by atoms with Gasteiger partial charge in [-0.3, -0.25) is 9.69 Å². The minimum Gasteiger partial charge on any atom is -0.491 e. The summed E-state index contributed by atoms with van der Waals surface area (Å²) >= 11 is 0. The Morgan fingerprint density at radius 2 is 1.71 bits per heavy atom. The molecule has 0 saturated carbocycles. The normalized spacial score (nSPS) is 13.0. The number of nitrogens with zero attached hydrogens (tertiary/aromatic N) is 1. The summed E-state index contributed by atoms with van der Waals surface area (Å²) in [6.07, 6.45) is 0.261. The van der Waals surface area contributed by atoms with Gasteiger partial charge in [-0.1, -0.05) is 30.3 Å². The van der Waals surface area contributed by atoms with Crippen LogP contribution in [0.1, 0.15) is 19.4 Å². The van der Waals surface area contributed by atoms with Crippen LogP contribution in [0.4, 0.5) is 0 Å². The van der Waals surface area contributed by atoms with Gasteiger partial charge in [0.1, 0.15) is 24.2 Å². The van der Waals surface area contributed by atoms with E-state index in [1.807, 2.05) is 68.4 Å². The SMILES string of the molecule is CCOC(C)CN(CCc1ccc(OCC(N)=O)cc1)CC(O)COc1ccccc1. The predicted octanol–water partition coefficient (Wildman–Crippen LogP) is 2.26. The molecule has 0 aliphatic carbocycles. The highest BCUT2D eigenvalue weighted by Gasteiger charge is 2.16. The molecule has 2 atom stereocenters. The Hall–Kier alpha value is -2.61. The van der Waals surface area contributed by atoms with Gasteiger partial charge in [0.05, 0.1) is 6.10 Å². The lowest BCUT2D eigenvalue weighted by Crippen LogP contribution is -2.41. The van der Waals surface area contributed by atoms with Crippen LogP contribution in [0.2, 0.25) is 0 Å². The van der Waals surface area contributed by atoms with E-state index in [-0.39, 0.29) is 19.3 Å². The molecule has 31 heavy (non-hydrogen) atoms. The fourth-order valence-electron chi connectivity index (χ4n) is 3.21. The predicted molar refractivity (Wildman–Crippen MR) is 120 cm³/mol. The second kappa shape index (κ2) is 13.6. The molecule has 170 valence electrons. The van der Waals surface area contributed by atoms with Gasteiger partial charge >= 0.3 is 0 Å². The third-order valence-electron chi connectivity index (χ3n) is 4.64. The molecule has 0 aliphatic rings. The lowest BCUT2D eigenvalue weighted by molar-refractivity contribution is -0.119. The Kier molecular flexibility index (Phi) is 10.9. The van der Waals surface area contributed by atoms with Crippen LogP contribution in [0.3, 0.4) is 0 Å². The molecule has 0 spiro atoms. The summed E-state index contributed by atoms with van der Waals surface area (Å²) < 4.78 is 16.7. The van der Waals surface area contributed by atoms with Crippen molar-refractivity contribution in [2.45, 2.75) is 32.5 Å². The van der Waals surface area contributed by atoms with E-state index in [4.69, 9.17) is 19.9 Å². The van der Waals surface area contributed by atoms with Crippen molar-refractivity contribution in [3.8, 4) is 11.5 Å². The van der Waals surface area contributed by atoms with E-state index in [2.05, 4.69) is 4.90 Å². The number of nitrogens with two attached hydrogens (primary N) is 1. The molecule has 0 bridgehead atoms. The molecule has 2 rings (SSSR count). The smallest absolute Gasteiger partial charge is 0.255 e. The molecule has 7 heteroatoms. The Labute approximate surface area is 184 Å². The van der Waals surface area contributed by atoms with Crippen molar-refractivity contribution in [3.05, 3.63) is 60.2 Å². The number of amides is 1. The Balaban J connectivity index is 1.87. The van der Waals surface area contributed by atoms with Crippen molar-refractivity contribution in [3.63, 3.8) is 0 Å². The van der Waals surface area contributed by atoms with Gasteiger partial charge in [0.2, 0.25) is 0 Å². The number of carbonyl (C=O) groups is 1. The molecule has 0 aliphatic heterocycles. The first-order valence-corrected chi connectivity index (χ1v) is 10.7. The monoisotopic (exact) mass is 430 g/mol. The molecule has 0 fully saturated rings. The Morgan fingerprint density at radius 3 is 2.35 bits per heavy atom. The maximum absolute atomic E-state index is 10.8. The summed E-state index contributed by atoms with van der Waals surface area (Å²) in [5.41, 5.74) is 6.23. The van der Waals surface area contributed by atoms with Gasteiger partial charge in [0, 0.05) is 26.2 Å². The number of rotatable bonds is 15. The van der Waals surface area contributed by atoms with E-state index in [0.717, 1.165) is 30.8 Å². The molecule has 2 unspecified atom stereocenters.